The first-order chi connectivity index (χ1) is 10.1. The molecule has 0 saturated heterocycles. The zero-order chi connectivity index (χ0) is 15.2. The fraction of sp³-hybridized carbons (Fsp3) is 0.312. The molecule has 0 fully saturated rings. The topological polar surface area (TPSA) is 24.9 Å². The summed E-state index contributed by atoms with van der Waals surface area (Å²) in [4.78, 5) is 4.30. The first kappa shape index (κ1) is 16.4. The van der Waals surface area contributed by atoms with Gasteiger partial charge in [0, 0.05) is 28.0 Å². The molecule has 1 N–H and O–H groups in total. The summed E-state index contributed by atoms with van der Waals surface area (Å²) in [6.45, 7) is 2.77. The van der Waals surface area contributed by atoms with Gasteiger partial charge in [-0.15, -0.1) is 0 Å². The van der Waals surface area contributed by atoms with Crippen LogP contribution in [0, 0.1) is 5.82 Å². The largest absolute Gasteiger partial charge is 0.310 e. The summed E-state index contributed by atoms with van der Waals surface area (Å²) in [6, 6.07) is 9.31. The first-order valence-corrected chi connectivity index (χ1v) is 8.07. The Kier molecular flexibility index (Phi) is 6.15. The molecular weight excluding hydrogens is 355 g/mol. The Bertz CT molecular complexity index is 592. The molecular formula is C16H17BrClFN2. The van der Waals surface area contributed by atoms with Crippen molar-refractivity contribution < 1.29 is 4.39 Å². The number of rotatable bonds is 6. The summed E-state index contributed by atoms with van der Waals surface area (Å²) in [6.07, 6.45) is 3.32. The lowest BCUT2D eigenvalue weighted by Crippen LogP contribution is -2.22. The molecule has 1 heterocycles. The summed E-state index contributed by atoms with van der Waals surface area (Å²) >= 11 is 9.22. The number of nitrogens with one attached hydrogen (secondary N) is 1. The molecule has 0 amide bonds. The van der Waals surface area contributed by atoms with Crippen molar-refractivity contribution in [2.75, 3.05) is 6.54 Å². The van der Waals surface area contributed by atoms with Crippen molar-refractivity contribution in [3.05, 3.63) is 63.1 Å². The van der Waals surface area contributed by atoms with Gasteiger partial charge in [0.15, 0.2) is 0 Å². The minimum atomic E-state index is -0.363. The standard InChI is InChI=1S/C16H17BrClFN2/c1-2-20-14(9-6-11-5-3-4-10-21-11)12-7-8-13(17)15(18)16(12)19/h3-5,7-8,10,14,20H,2,6,9H2,1H3. The van der Waals surface area contributed by atoms with Crippen LogP contribution in [-0.4, -0.2) is 11.5 Å². The van der Waals surface area contributed by atoms with Gasteiger partial charge in [-0.2, -0.15) is 0 Å². The zero-order valence-corrected chi connectivity index (χ0v) is 14.1. The molecule has 1 aromatic carbocycles. The molecule has 5 heteroatoms. The molecule has 2 nitrogen and oxygen atoms in total. The molecule has 1 unspecified atom stereocenters. The second-order valence-electron chi connectivity index (χ2n) is 4.73. The number of nitrogens with zero attached hydrogens (tertiary/aromatic N) is 1. The van der Waals surface area contributed by atoms with Gasteiger partial charge in [-0.3, -0.25) is 4.98 Å². The third-order valence-electron chi connectivity index (χ3n) is 3.31. The van der Waals surface area contributed by atoms with Gasteiger partial charge in [0.1, 0.15) is 5.82 Å². The van der Waals surface area contributed by atoms with E-state index in [2.05, 4.69) is 26.2 Å². The van der Waals surface area contributed by atoms with E-state index in [9.17, 15) is 4.39 Å². The van der Waals surface area contributed by atoms with E-state index in [0.29, 0.717) is 10.0 Å². The molecule has 0 bridgehead atoms. The van der Waals surface area contributed by atoms with Crippen molar-refractivity contribution in [2.24, 2.45) is 0 Å². The third-order valence-corrected chi connectivity index (χ3v) is 4.56. The normalized spacial score (nSPS) is 12.4. The van der Waals surface area contributed by atoms with E-state index in [4.69, 9.17) is 11.6 Å². The Labute approximate surface area is 137 Å². The molecule has 0 spiro atoms. The van der Waals surface area contributed by atoms with Crippen molar-refractivity contribution in [3.63, 3.8) is 0 Å². The van der Waals surface area contributed by atoms with Crippen LogP contribution in [0.2, 0.25) is 5.02 Å². The van der Waals surface area contributed by atoms with E-state index < -0.39 is 0 Å². The highest BCUT2D eigenvalue weighted by Crippen LogP contribution is 2.31. The Morgan fingerprint density at radius 3 is 2.81 bits per heavy atom. The van der Waals surface area contributed by atoms with Crippen LogP contribution in [0.4, 0.5) is 4.39 Å². The summed E-state index contributed by atoms with van der Waals surface area (Å²) in [5.74, 6) is -0.363. The minimum absolute atomic E-state index is 0.0809. The highest BCUT2D eigenvalue weighted by atomic mass is 79.9. The molecule has 0 aliphatic heterocycles. The molecule has 1 atom stereocenters. The molecule has 112 valence electrons. The average Bonchev–Trinajstić information content (AvgIpc) is 2.51. The van der Waals surface area contributed by atoms with Crippen LogP contribution < -0.4 is 5.32 Å². The van der Waals surface area contributed by atoms with Gasteiger partial charge in [0.25, 0.3) is 0 Å². The summed E-state index contributed by atoms with van der Waals surface area (Å²) in [5.41, 5.74) is 1.60. The second kappa shape index (κ2) is 7.87. The quantitative estimate of drug-likeness (QED) is 0.729. The number of benzene rings is 1. The predicted molar refractivity (Wildman–Crippen MR) is 88.1 cm³/mol. The number of aromatic nitrogens is 1. The van der Waals surface area contributed by atoms with Crippen molar-refractivity contribution in [3.8, 4) is 0 Å². The number of aryl methyl sites for hydroxylation is 1. The fourth-order valence-corrected chi connectivity index (χ4v) is 2.74. The molecule has 21 heavy (non-hydrogen) atoms. The molecule has 2 aromatic rings. The summed E-state index contributed by atoms with van der Waals surface area (Å²) in [7, 11) is 0. The zero-order valence-electron chi connectivity index (χ0n) is 11.7. The number of hydrogen-bond donors (Lipinski definition) is 1. The van der Waals surface area contributed by atoms with Crippen LogP contribution >= 0.6 is 27.5 Å². The molecule has 1 aromatic heterocycles. The van der Waals surface area contributed by atoms with Gasteiger partial charge in [0.05, 0.1) is 5.02 Å². The molecule has 2 rings (SSSR count). The highest BCUT2D eigenvalue weighted by Gasteiger charge is 2.18. The maximum atomic E-state index is 14.3. The van der Waals surface area contributed by atoms with E-state index in [1.807, 2.05) is 25.1 Å². The Morgan fingerprint density at radius 1 is 1.33 bits per heavy atom. The maximum absolute atomic E-state index is 14.3. The summed E-state index contributed by atoms with van der Waals surface area (Å²) in [5, 5.41) is 3.45. The van der Waals surface area contributed by atoms with E-state index >= 15 is 0 Å². The van der Waals surface area contributed by atoms with Gasteiger partial charge >= 0.3 is 0 Å². The second-order valence-corrected chi connectivity index (χ2v) is 5.97. The van der Waals surface area contributed by atoms with E-state index in [0.717, 1.165) is 25.1 Å². The number of halogens is 3. The Morgan fingerprint density at radius 2 is 2.14 bits per heavy atom. The lowest BCUT2D eigenvalue weighted by molar-refractivity contribution is 0.483. The van der Waals surface area contributed by atoms with Crippen molar-refractivity contribution in [2.45, 2.75) is 25.8 Å². The third kappa shape index (κ3) is 4.25. The fourth-order valence-electron chi connectivity index (χ4n) is 2.26. The van der Waals surface area contributed by atoms with Crippen LogP contribution in [-0.2, 0) is 6.42 Å². The van der Waals surface area contributed by atoms with Gasteiger partial charge in [0.2, 0.25) is 0 Å². The van der Waals surface area contributed by atoms with Gasteiger partial charge < -0.3 is 5.32 Å². The average molecular weight is 372 g/mol. The first-order valence-electron chi connectivity index (χ1n) is 6.90. The highest BCUT2D eigenvalue weighted by molar-refractivity contribution is 9.10. The van der Waals surface area contributed by atoms with E-state index in [1.54, 1.807) is 18.3 Å². The Hall–Kier alpha value is -0.970. The summed E-state index contributed by atoms with van der Waals surface area (Å²) < 4.78 is 14.9. The van der Waals surface area contributed by atoms with Gasteiger partial charge in [-0.1, -0.05) is 30.7 Å². The van der Waals surface area contributed by atoms with Crippen molar-refractivity contribution >= 4 is 27.5 Å². The predicted octanol–water partition coefficient (Wildman–Crippen LogP) is 4.92. The van der Waals surface area contributed by atoms with Crippen LogP contribution in [0.25, 0.3) is 0 Å². The molecule has 0 radical (unpaired) electrons. The SMILES string of the molecule is CCNC(CCc1ccccn1)c1ccc(Br)c(Cl)c1F. The van der Waals surface area contributed by atoms with Gasteiger partial charge in [-0.25, -0.2) is 4.39 Å². The van der Waals surface area contributed by atoms with Crippen LogP contribution in [0.1, 0.15) is 30.6 Å². The van der Waals surface area contributed by atoms with Crippen molar-refractivity contribution in [1.29, 1.82) is 0 Å². The monoisotopic (exact) mass is 370 g/mol. The van der Waals surface area contributed by atoms with E-state index in [1.165, 1.54) is 0 Å². The van der Waals surface area contributed by atoms with Crippen LogP contribution in [0.5, 0.6) is 0 Å². The molecule has 0 aliphatic rings. The maximum Gasteiger partial charge on any atom is 0.147 e. The lowest BCUT2D eigenvalue weighted by atomic mass is 10.00. The van der Waals surface area contributed by atoms with Gasteiger partial charge in [-0.05, 0) is 53.5 Å². The molecule has 0 aliphatic carbocycles. The van der Waals surface area contributed by atoms with E-state index in [-0.39, 0.29) is 16.9 Å². The lowest BCUT2D eigenvalue weighted by Gasteiger charge is -2.19. The molecule has 0 saturated carbocycles. The minimum Gasteiger partial charge on any atom is -0.310 e. The smallest absolute Gasteiger partial charge is 0.147 e. The number of pyridine rings is 1. The Balaban J connectivity index is 2.17. The van der Waals surface area contributed by atoms with Crippen LogP contribution in [0.15, 0.2) is 41.0 Å². The van der Waals surface area contributed by atoms with Crippen molar-refractivity contribution in [1.82, 2.24) is 10.3 Å². The van der Waals surface area contributed by atoms with Crippen LogP contribution in [0.3, 0.4) is 0 Å². The number of hydrogen-bond acceptors (Lipinski definition) is 2.